The van der Waals surface area contributed by atoms with Crippen molar-refractivity contribution < 1.29 is 23.5 Å². The first-order chi connectivity index (χ1) is 7.77. The van der Waals surface area contributed by atoms with E-state index in [1.165, 1.54) is 11.8 Å². The molecule has 0 aromatic carbocycles. The zero-order valence-corrected chi connectivity index (χ0v) is 9.58. The zero-order chi connectivity index (χ0) is 12.8. The molecule has 1 N–H and O–H groups in total. The van der Waals surface area contributed by atoms with Crippen LogP contribution in [0.2, 0.25) is 0 Å². The summed E-state index contributed by atoms with van der Waals surface area (Å²) >= 11 is 0. The van der Waals surface area contributed by atoms with Gasteiger partial charge >= 0.3 is 5.97 Å². The molecule has 1 aliphatic carbocycles. The Morgan fingerprint density at radius 2 is 2.00 bits per heavy atom. The van der Waals surface area contributed by atoms with Gasteiger partial charge in [0, 0.05) is 32.9 Å². The minimum Gasteiger partial charge on any atom is -0.481 e. The van der Waals surface area contributed by atoms with E-state index in [4.69, 9.17) is 0 Å². The molecule has 2 rings (SSSR count). The van der Waals surface area contributed by atoms with E-state index in [9.17, 15) is 23.5 Å². The molecule has 0 radical (unpaired) electrons. The van der Waals surface area contributed by atoms with E-state index in [-0.39, 0.29) is 25.4 Å². The normalized spacial score (nSPS) is 35.5. The molecule has 4 nitrogen and oxygen atoms in total. The maximum Gasteiger partial charge on any atom is 0.311 e. The van der Waals surface area contributed by atoms with E-state index in [2.05, 4.69) is 0 Å². The van der Waals surface area contributed by atoms with E-state index >= 15 is 0 Å². The highest BCUT2D eigenvalue weighted by Crippen LogP contribution is 2.51. The zero-order valence-electron chi connectivity index (χ0n) is 9.58. The first-order valence-corrected chi connectivity index (χ1v) is 5.64. The Morgan fingerprint density at radius 1 is 1.35 bits per heavy atom. The third kappa shape index (κ3) is 1.89. The Morgan fingerprint density at radius 3 is 2.53 bits per heavy atom. The lowest BCUT2D eigenvalue weighted by atomic mass is 9.67. The molecule has 17 heavy (non-hydrogen) atoms. The molecule has 0 aromatic rings. The van der Waals surface area contributed by atoms with Gasteiger partial charge in [-0.1, -0.05) is 0 Å². The van der Waals surface area contributed by atoms with E-state index in [1.54, 1.807) is 0 Å². The first kappa shape index (κ1) is 12.3. The van der Waals surface area contributed by atoms with Crippen LogP contribution in [0.5, 0.6) is 0 Å². The topological polar surface area (TPSA) is 57.6 Å². The van der Waals surface area contributed by atoms with Crippen molar-refractivity contribution in [1.29, 1.82) is 0 Å². The summed E-state index contributed by atoms with van der Waals surface area (Å²) in [4.78, 5) is 24.0. The van der Waals surface area contributed by atoms with Gasteiger partial charge in [-0.2, -0.15) is 0 Å². The van der Waals surface area contributed by atoms with Gasteiger partial charge in [-0.3, -0.25) is 9.59 Å². The van der Waals surface area contributed by atoms with Crippen LogP contribution in [-0.2, 0) is 9.59 Å². The van der Waals surface area contributed by atoms with Crippen LogP contribution < -0.4 is 0 Å². The molecule has 0 bridgehead atoms. The molecule has 1 aliphatic heterocycles. The van der Waals surface area contributed by atoms with Crippen molar-refractivity contribution in [3.63, 3.8) is 0 Å². The van der Waals surface area contributed by atoms with Gasteiger partial charge < -0.3 is 10.0 Å². The lowest BCUT2D eigenvalue weighted by molar-refractivity contribution is -0.160. The second-order valence-electron chi connectivity index (χ2n) is 5.12. The number of hydrogen-bond acceptors (Lipinski definition) is 2. The minimum absolute atomic E-state index is 0.0518. The summed E-state index contributed by atoms with van der Waals surface area (Å²) in [6.07, 6.45) is -0.881. The highest BCUT2D eigenvalue weighted by atomic mass is 19.3. The highest BCUT2D eigenvalue weighted by molar-refractivity contribution is 5.80. The number of carbonyl (C=O) groups is 2. The van der Waals surface area contributed by atoms with Crippen LogP contribution in [0.1, 0.15) is 26.2 Å². The number of halogens is 2. The summed E-state index contributed by atoms with van der Waals surface area (Å²) in [6, 6.07) is 0. The number of rotatable bonds is 1. The lowest BCUT2D eigenvalue weighted by Gasteiger charge is -2.38. The predicted molar refractivity (Wildman–Crippen MR) is 54.6 cm³/mol. The van der Waals surface area contributed by atoms with Crippen molar-refractivity contribution in [2.45, 2.75) is 32.1 Å². The van der Waals surface area contributed by atoms with Gasteiger partial charge in [-0.05, 0) is 12.3 Å². The van der Waals surface area contributed by atoms with Gasteiger partial charge in [-0.25, -0.2) is 8.78 Å². The number of fused-ring (bicyclic) bond motifs is 1. The summed E-state index contributed by atoms with van der Waals surface area (Å²) in [5.41, 5.74) is -1.16. The quantitative estimate of drug-likeness (QED) is 0.761. The second kappa shape index (κ2) is 3.65. The smallest absolute Gasteiger partial charge is 0.311 e. The number of carboxylic acid groups (broad SMARTS) is 1. The van der Waals surface area contributed by atoms with E-state index < -0.39 is 36.1 Å². The van der Waals surface area contributed by atoms with Gasteiger partial charge in [-0.15, -0.1) is 0 Å². The fourth-order valence-electron chi connectivity index (χ4n) is 2.98. The van der Waals surface area contributed by atoms with Gasteiger partial charge in [0.05, 0.1) is 5.41 Å². The number of nitrogens with zero attached hydrogens (tertiary/aromatic N) is 1. The Labute approximate surface area is 97.6 Å². The second-order valence-corrected chi connectivity index (χ2v) is 5.12. The van der Waals surface area contributed by atoms with E-state index in [0.29, 0.717) is 0 Å². The van der Waals surface area contributed by atoms with Crippen molar-refractivity contribution >= 4 is 11.9 Å². The van der Waals surface area contributed by atoms with Crippen LogP contribution in [0.3, 0.4) is 0 Å². The van der Waals surface area contributed by atoms with Gasteiger partial charge in [0.1, 0.15) is 0 Å². The molecule has 1 saturated carbocycles. The van der Waals surface area contributed by atoms with Gasteiger partial charge in [0.2, 0.25) is 11.8 Å². The number of alkyl halides is 2. The Kier molecular flexibility index (Phi) is 2.63. The Balaban J connectivity index is 2.28. The number of carboxylic acids is 1. The third-order valence-electron chi connectivity index (χ3n) is 4.05. The Bertz CT molecular complexity index is 372. The van der Waals surface area contributed by atoms with Crippen LogP contribution in [0.4, 0.5) is 8.78 Å². The summed E-state index contributed by atoms with van der Waals surface area (Å²) < 4.78 is 26.6. The predicted octanol–water partition coefficient (Wildman–Crippen LogP) is 1.35. The molecule has 2 unspecified atom stereocenters. The molecule has 96 valence electrons. The van der Waals surface area contributed by atoms with Crippen molar-refractivity contribution in [1.82, 2.24) is 4.90 Å². The number of aliphatic carboxylic acids is 1. The van der Waals surface area contributed by atoms with Crippen LogP contribution >= 0.6 is 0 Å². The summed E-state index contributed by atoms with van der Waals surface area (Å²) in [6.45, 7) is 1.54. The molecule has 1 saturated heterocycles. The number of amides is 1. The maximum absolute atomic E-state index is 13.3. The average Bonchev–Trinajstić information content (AvgIpc) is 2.56. The van der Waals surface area contributed by atoms with Gasteiger partial charge in [0.15, 0.2) is 0 Å². The monoisotopic (exact) mass is 247 g/mol. The van der Waals surface area contributed by atoms with Crippen molar-refractivity contribution in [3.8, 4) is 0 Å². The molecule has 2 atom stereocenters. The first-order valence-electron chi connectivity index (χ1n) is 5.64. The standard InChI is InChI=1S/C11H15F2NO3/c1-7(15)14-5-8-4-11(12,13)3-2-10(8,6-14)9(16)17/h8H,2-6H2,1H3,(H,16,17). The highest BCUT2D eigenvalue weighted by Gasteiger charge is 2.59. The minimum atomic E-state index is -2.80. The van der Waals surface area contributed by atoms with Crippen LogP contribution in [0, 0.1) is 11.3 Å². The summed E-state index contributed by atoms with van der Waals surface area (Å²) in [7, 11) is 0. The molecular formula is C11H15F2NO3. The van der Waals surface area contributed by atoms with E-state index in [0.717, 1.165) is 0 Å². The SMILES string of the molecule is CC(=O)N1CC2CC(F)(F)CCC2(C(=O)O)C1. The van der Waals surface area contributed by atoms with E-state index in [1.807, 2.05) is 0 Å². The number of carbonyl (C=O) groups excluding carboxylic acids is 1. The van der Waals surface area contributed by atoms with Crippen LogP contribution in [0.25, 0.3) is 0 Å². The third-order valence-corrected chi connectivity index (χ3v) is 4.05. The average molecular weight is 247 g/mol. The van der Waals surface area contributed by atoms with Crippen LogP contribution in [0.15, 0.2) is 0 Å². The largest absolute Gasteiger partial charge is 0.481 e. The summed E-state index contributed by atoms with van der Waals surface area (Å²) in [5.74, 6) is -4.73. The fraction of sp³-hybridized carbons (Fsp3) is 0.818. The van der Waals surface area contributed by atoms with Crippen molar-refractivity contribution in [2.75, 3.05) is 13.1 Å². The Hall–Kier alpha value is -1.20. The molecule has 1 amide bonds. The van der Waals surface area contributed by atoms with Crippen molar-refractivity contribution in [2.24, 2.45) is 11.3 Å². The molecule has 2 fully saturated rings. The van der Waals surface area contributed by atoms with Crippen LogP contribution in [-0.4, -0.2) is 40.9 Å². The van der Waals surface area contributed by atoms with Crippen molar-refractivity contribution in [3.05, 3.63) is 0 Å². The number of hydrogen-bond donors (Lipinski definition) is 1. The molecule has 0 spiro atoms. The summed E-state index contributed by atoms with van der Waals surface area (Å²) in [5, 5.41) is 9.29. The maximum atomic E-state index is 13.3. The number of likely N-dealkylation sites (tertiary alicyclic amines) is 1. The molecule has 0 aromatic heterocycles. The molecule has 1 heterocycles. The molecule has 2 aliphatic rings. The lowest BCUT2D eigenvalue weighted by Crippen LogP contribution is -2.46. The molecular weight excluding hydrogens is 232 g/mol. The molecule has 6 heteroatoms. The van der Waals surface area contributed by atoms with Gasteiger partial charge in [0.25, 0.3) is 0 Å². The fourth-order valence-corrected chi connectivity index (χ4v) is 2.98.